The monoisotopic (exact) mass is 258 g/mol. The molecule has 6 heteroatoms. The zero-order valence-electron chi connectivity index (χ0n) is 11.2. The molecule has 0 spiro atoms. The number of carboxylic acids is 1. The van der Waals surface area contributed by atoms with Gasteiger partial charge in [0.25, 0.3) is 0 Å². The fourth-order valence-corrected chi connectivity index (χ4v) is 2.15. The third kappa shape index (κ3) is 3.35. The van der Waals surface area contributed by atoms with Gasteiger partial charge in [-0.25, -0.2) is 9.59 Å². The molecular weight excluding hydrogens is 236 g/mol. The summed E-state index contributed by atoms with van der Waals surface area (Å²) in [5.74, 6) is -0.688. The Morgan fingerprint density at radius 3 is 2.61 bits per heavy atom. The molecule has 1 aliphatic rings. The summed E-state index contributed by atoms with van der Waals surface area (Å²) in [4.78, 5) is 25.9. The van der Waals surface area contributed by atoms with Crippen LogP contribution in [0.5, 0.6) is 0 Å². The Morgan fingerprint density at radius 2 is 2.11 bits per heavy atom. The lowest BCUT2D eigenvalue weighted by Crippen LogP contribution is -2.47. The molecule has 0 aromatic carbocycles. The molecular formula is C12H22N2O4. The maximum absolute atomic E-state index is 12.1. The van der Waals surface area contributed by atoms with Gasteiger partial charge in [-0.1, -0.05) is 20.3 Å². The first-order chi connectivity index (χ1) is 8.36. The summed E-state index contributed by atoms with van der Waals surface area (Å²) in [6, 6.07) is -1.23. The van der Waals surface area contributed by atoms with Crippen molar-refractivity contribution in [1.29, 1.82) is 0 Å². The fraction of sp³-hybridized carbons (Fsp3) is 0.833. The lowest BCUT2D eigenvalue weighted by atomic mass is 10.1. The minimum atomic E-state index is -1.06. The predicted octanol–water partition coefficient (Wildman–Crippen LogP) is 0.604. The highest BCUT2D eigenvalue weighted by Gasteiger charge is 2.40. The smallest absolute Gasteiger partial charge is 0.326 e. The van der Waals surface area contributed by atoms with Gasteiger partial charge in [0.2, 0.25) is 0 Å². The Balaban J connectivity index is 2.67. The maximum Gasteiger partial charge on any atom is 0.326 e. The van der Waals surface area contributed by atoms with Gasteiger partial charge in [0.05, 0.1) is 6.10 Å². The molecule has 6 nitrogen and oxygen atoms in total. The Morgan fingerprint density at radius 1 is 1.50 bits per heavy atom. The molecule has 2 amide bonds. The van der Waals surface area contributed by atoms with Gasteiger partial charge in [-0.2, -0.15) is 0 Å². The Hall–Kier alpha value is -1.30. The molecule has 0 saturated carbocycles. The van der Waals surface area contributed by atoms with Crippen molar-refractivity contribution >= 4 is 12.0 Å². The number of aliphatic carboxylic acids is 1. The van der Waals surface area contributed by atoms with E-state index >= 15 is 0 Å². The highest BCUT2D eigenvalue weighted by Crippen LogP contribution is 2.20. The molecule has 18 heavy (non-hydrogen) atoms. The van der Waals surface area contributed by atoms with Crippen LogP contribution in [0.15, 0.2) is 0 Å². The number of carbonyl (C=O) groups is 2. The van der Waals surface area contributed by atoms with Crippen molar-refractivity contribution in [2.75, 3.05) is 20.1 Å². The van der Waals surface area contributed by atoms with E-state index < -0.39 is 18.1 Å². The van der Waals surface area contributed by atoms with Gasteiger partial charge < -0.3 is 20.0 Å². The summed E-state index contributed by atoms with van der Waals surface area (Å²) in [5.41, 5.74) is 0. The summed E-state index contributed by atoms with van der Waals surface area (Å²) < 4.78 is 0. The topological polar surface area (TPSA) is 81.1 Å². The largest absolute Gasteiger partial charge is 0.480 e. The van der Waals surface area contributed by atoms with E-state index in [4.69, 9.17) is 5.11 Å². The lowest BCUT2D eigenvalue weighted by molar-refractivity contribution is -0.141. The number of aliphatic hydroxyl groups excluding tert-OH is 1. The highest BCUT2D eigenvalue weighted by molar-refractivity contribution is 5.83. The number of hydrogen-bond acceptors (Lipinski definition) is 3. The second kappa shape index (κ2) is 6.04. The normalized spacial score (nSPS) is 25.0. The van der Waals surface area contributed by atoms with Crippen LogP contribution in [0, 0.1) is 5.92 Å². The van der Waals surface area contributed by atoms with Crippen LogP contribution in [0.3, 0.4) is 0 Å². The maximum atomic E-state index is 12.1. The summed E-state index contributed by atoms with van der Waals surface area (Å²) in [5, 5.41) is 18.5. The average molecular weight is 258 g/mol. The first kappa shape index (κ1) is 14.8. The van der Waals surface area contributed by atoms with Gasteiger partial charge >= 0.3 is 12.0 Å². The van der Waals surface area contributed by atoms with Gasteiger partial charge in [0.1, 0.15) is 6.04 Å². The predicted molar refractivity (Wildman–Crippen MR) is 66.2 cm³/mol. The molecule has 2 N–H and O–H groups in total. The second-order valence-corrected chi connectivity index (χ2v) is 5.07. The van der Waals surface area contributed by atoms with Gasteiger partial charge in [-0.3, -0.25) is 0 Å². The number of urea groups is 1. The van der Waals surface area contributed by atoms with E-state index in [9.17, 15) is 14.7 Å². The Bertz CT molecular complexity index is 321. The molecule has 1 heterocycles. The van der Waals surface area contributed by atoms with Gasteiger partial charge in [0, 0.05) is 26.6 Å². The van der Waals surface area contributed by atoms with Crippen molar-refractivity contribution in [2.24, 2.45) is 5.92 Å². The number of aliphatic hydroxyl groups is 1. The molecule has 0 aromatic rings. The number of hydrogen-bond donors (Lipinski definition) is 2. The quantitative estimate of drug-likeness (QED) is 0.774. The van der Waals surface area contributed by atoms with Gasteiger partial charge in [0.15, 0.2) is 0 Å². The zero-order valence-corrected chi connectivity index (χ0v) is 11.2. The van der Waals surface area contributed by atoms with Crippen LogP contribution < -0.4 is 0 Å². The number of rotatable bonds is 4. The SMILES string of the molecule is CCC(C)CN(C)C(=O)N1C[C@H](O)C[C@H]1C(=O)O. The van der Waals surface area contributed by atoms with E-state index in [0.29, 0.717) is 12.5 Å². The zero-order chi connectivity index (χ0) is 13.9. The first-order valence-electron chi connectivity index (χ1n) is 6.29. The molecule has 0 aliphatic carbocycles. The molecule has 0 aromatic heterocycles. The Labute approximate surface area is 107 Å². The van der Waals surface area contributed by atoms with Crippen LogP contribution in [-0.2, 0) is 4.79 Å². The molecule has 0 radical (unpaired) electrons. The summed E-state index contributed by atoms with van der Waals surface area (Å²) >= 11 is 0. The standard InChI is InChI=1S/C12H22N2O4/c1-4-8(2)6-13(3)12(18)14-7-9(15)5-10(14)11(16)17/h8-10,15H,4-7H2,1-3H3,(H,16,17)/t8?,9-,10+/m1/s1. The molecule has 1 rings (SSSR count). The van der Waals surface area contributed by atoms with Crippen LogP contribution in [0.4, 0.5) is 4.79 Å². The van der Waals surface area contributed by atoms with Crippen LogP contribution in [0.25, 0.3) is 0 Å². The number of nitrogens with zero attached hydrogens (tertiary/aromatic N) is 2. The van der Waals surface area contributed by atoms with Crippen LogP contribution in [0.2, 0.25) is 0 Å². The molecule has 3 atom stereocenters. The first-order valence-corrected chi connectivity index (χ1v) is 6.29. The van der Waals surface area contributed by atoms with E-state index in [1.165, 1.54) is 9.80 Å². The highest BCUT2D eigenvalue weighted by atomic mass is 16.4. The lowest BCUT2D eigenvalue weighted by Gasteiger charge is -2.28. The van der Waals surface area contributed by atoms with E-state index in [-0.39, 0.29) is 19.0 Å². The third-order valence-corrected chi connectivity index (χ3v) is 3.42. The molecule has 1 fully saturated rings. The van der Waals surface area contributed by atoms with Gasteiger partial charge in [-0.05, 0) is 5.92 Å². The molecule has 1 aliphatic heterocycles. The van der Waals surface area contributed by atoms with Crippen molar-refractivity contribution in [1.82, 2.24) is 9.80 Å². The van der Waals surface area contributed by atoms with E-state index in [0.717, 1.165) is 6.42 Å². The minimum absolute atomic E-state index is 0.0979. The molecule has 0 bridgehead atoms. The summed E-state index contributed by atoms with van der Waals surface area (Å²) in [7, 11) is 1.66. The Kier molecular flexibility index (Phi) is 4.95. The minimum Gasteiger partial charge on any atom is -0.480 e. The number of likely N-dealkylation sites (tertiary alicyclic amines) is 1. The van der Waals surface area contributed by atoms with Crippen molar-refractivity contribution in [2.45, 2.75) is 38.8 Å². The number of amides is 2. The van der Waals surface area contributed by atoms with Crippen molar-refractivity contribution in [3.05, 3.63) is 0 Å². The third-order valence-electron chi connectivity index (χ3n) is 3.42. The average Bonchev–Trinajstić information content (AvgIpc) is 2.70. The van der Waals surface area contributed by atoms with Crippen LogP contribution >= 0.6 is 0 Å². The number of carbonyl (C=O) groups excluding carboxylic acids is 1. The van der Waals surface area contributed by atoms with E-state index in [1.54, 1.807) is 7.05 Å². The van der Waals surface area contributed by atoms with Crippen molar-refractivity contribution in [3.8, 4) is 0 Å². The molecule has 1 saturated heterocycles. The van der Waals surface area contributed by atoms with Crippen LogP contribution in [0.1, 0.15) is 26.7 Å². The number of β-amino-alcohol motifs (C(OH)–C–C–N with tert-alkyl or cyclic N) is 1. The van der Waals surface area contributed by atoms with E-state index in [1.807, 2.05) is 13.8 Å². The summed E-state index contributed by atoms with van der Waals surface area (Å²) in [6.45, 7) is 4.77. The molecule has 1 unspecified atom stereocenters. The van der Waals surface area contributed by atoms with Crippen molar-refractivity contribution < 1.29 is 19.8 Å². The van der Waals surface area contributed by atoms with Crippen molar-refractivity contribution in [3.63, 3.8) is 0 Å². The van der Waals surface area contributed by atoms with Gasteiger partial charge in [-0.15, -0.1) is 0 Å². The van der Waals surface area contributed by atoms with Crippen LogP contribution in [-0.4, -0.2) is 64.3 Å². The van der Waals surface area contributed by atoms with E-state index in [2.05, 4.69) is 0 Å². The fourth-order valence-electron chi connectivity index (χ4n) is 2.15. The second-order valence-electron chi connectivity index (χ2n) is 5.07. The molecule has 104 valence electrons. The summed E-state index contributed by atoms with van der Waals surface area (Å²) in [6.07, 6.45) is 0.327. The number of carboxylic acid groups (broad SMARTS) is 1.